The van der Waals surface area contributed by atoms with Gasteiger partial charge in [-0.2, -0.15) is 0 Å². The van der Waals surface area contributed by atoms with Crippen molar-refractivity contribution in [3.05, 3.63) is 76.3 Å². The number of esters is 1. The highest BCUT2D eigenvalue weighted by Gasteiger charge is 2.18. The molecule has 0 amide bonds. The van der Waals surface area contributed by atoms with Crippen LogP contribution >= 0.6 is 0 Å². The first-order chi connectivity index (χ1) is 12.7. The van der Waals surface area contributed by atoms with Crippen molar-refractivity contribution in [1.82, 2.24) is 9.38 Å². The summed E-state index contributed by atoms with van der Waals surface area (Å²) in [6.07, 6.45) is 5.04. The zero-order valence-corrected chi connectivity index (χ0v) is 14.3. The lowest BCUT2D eigenvalue weighted by molar-refractivity contribution is 0.0512. The largest absolute Gasteiger partial charge is 0.460 e. The van der Waals surface area contributed by atoms with Crippen LogP contribution in [0.5, 0.6) is 0 Å². The van der Waals surface area contributed by atoms with E-state index in [2.05, 4.69) is 22.0 Å². The van der Waals surface area contributed by atoms with Crippen molar-refractivity contribution in [1.29, 1.82) is 0 Å². The molecule has 3 aromatic rings. The number of pyridine rings is 1. The maximum atomic E-state index is 12.4. The summed E-state index contributed by atoms with van der Waals surface area (Å²) < 4.78 is 6.69. The van der Waals surface area contributed by atoms with Gasteiger partial charge in [0.2, 0.25) is 0 Å². The first kappa shape index (κ1) is 16.3. The molecule has 0 saturated heterocycles. The fourth-order valence-electron chi connectivity index (χ4n) is 3.34. The maximum Gasteiger partial charge on any atom is 0.345 e. The molecule has 26 heavy (non-hydrogen) atoms. The summed E-state index contributed by atoms with van der Waals surface area (Å²) in [5.41, 5.74) is 2.56. The third-order valence-electron chi connectivity index (χ3n) is 4.63. The van der Waals surface area contributed by atoms with Crippen LogP contribution in [0.2, 0.25) is 0 Å². The molecule has 1 aliphatic rings. The molecule has 0 radical (unpaired) electrons. The smallest absolute Gasteiger partial charge is 0.345 e. The summed E-state index contributed by atoms with van der Waals surface area (Å²) in [5.74, 6) is -0.633. The molecule has 0 fully saturated rings. The van der Waals surface area contributed by atoms with Gasteiger partial charge in [0.1, 0.15) is 17.8 Å². The van der Waals surface area contributed by atoms with Crippen LogP contribution in [-0.2, 0) is 11.2 Å². The summed E-state index contributed by atoms with van der Waals surface area (Å²) in [4.78, 5) is 31.1. The number of hydrogen-bond donors (Lipinski definition) is 0. The number of ether oxygens (including phenoxy) is 1. The number of benzene rings is 1. The number of fused-ring (bicyclic) bond motifs is 2. The molecule has 0 aliphatic carbocycles. The predicted molar refractivity (Wildman–Crippen MR) is 98.7 cm³/mol. The summed E-state index contributed by atoms with van der Waals surface area (Å²) in [5, 5.41) is 0. The van der Waals surface area contributed by atoms with Crippen molar-refractivity contribution in [2.75, 3.05) is 24.6 Å². The van der Waals surface area contributed by atoms with Crippen molar-refractivity contribution in [2.45, 2.75) is 12.8 Å². The molecular formula is C20H19N3O3. The lowest BCUT2D eigenvalue weighted by Gasteiger charge is -2.31. The third kappa shape index (κ3) is 3.06. The minimum absolute atomic E-state index is 0.0484. The van der Waals surface area contributed by atoms with Gasteiger partial charge in [0, 0.05) is 24.6 Å². The van der Waals surface area contributed by atoms with Gasteiger partial charge in [-0.3, -0.25) is 9.20 Å². The lowest BCUT2D eigenvalue weighted by atomic mass is 10.0. The first-order valence-electron chi connectivity index (χ1n) is 8.70. The average molecular weight is 349 g/mol. The number of hydrogen-bond acceptors (Lipinski definition) is 5. The topological polar surface area (TPSA) is 63.9 Å². The zero-order chi connectivity index (χ0) is 17.9. The van der Waals surface area contributed by atoms with E-state index in [0.717, 1.165) is 19.4 Å². The van der Waals surface area contributed by atoms with Gasteiger partial charge in [0.25, 0.3) is 5.56 Å². The molecule has 0 atom stereocenters. The van der Waals surface area contributed by atoms with Crippen LogP contribution in [0.1, 0.15) is 22.3 Å². The van der Waals surface area contributed by atoms with Crippen molar-refractivity contribution >= 4 is 17.3 Å². The molecule has 1 aromatic carbocycles. The molecule has 0 unspecified atom stereocenters. The van der Waals surface area contributed by atoms with E-state index in [1.807, 2.05) is 12.1 Å². The molecule has 1 aliphatic heterocycles. The quantitative estimate of drug-likeness (QED) is 0.676. The predicted octanol–water partition coefficient (Wildman–Crippen LogP) is 2.30. The molecular weight excluding hydrogens is 330 g/mol. The fraction of sp³-hybridized carbons (Fsp3) is 0.250. The fourth-order valence-corrected chi connectivity index (χ4v) is 3.34. The highest BCUT2D eigenvalue weighted by Crippen LogP contribution is 2.26. The van der Waals surface area contributed by atoms with Gasteiger partial charge >= 0.3 is 5.97 Å². The van der Waals surface area contributed by atoms with Crippen LogP contribution < -0.4 is 10.5 Å². The van der Waals surface area contributed by atoms with Crippen LogP contribution in [0.15, 0.2) is 59.7 Å². The Balaban J connectivity index is 1.44. The number of carbonyl (C=O) groups excluding carboxylic acids is 1. The standard InChI is InChI=1S/C20H19N3O3/c24-19-16(14-21-18-9-3-4-11-23(18)19)20(25)26-13-12-22-10-5-7-15-6-1-2-8-17(15)22/h1-4,6,8-9,11,14H,5,7,10,12-13H2. The van der Waals surface area contributed by atoms with E-state index < -0.39 is 11.5 Å². The maximum absolute atomic E-state index is 12.4. The van der Waals surface area contributed by atoms with Crippen molar-refractivity contribution in [3.63, 3.8) is 0 Å². The number of rotatable bonds is 4. The van der Waals surface area contributed by atoms with E-state index in [9.17, 15) is 9.59 Å². The van der Waals surface area contributed by atoms with Crippen LogP contribution in [0, 0.1) is 0 Å². The minimum Gasteiger partial charge on any atom is -0.460 e. The molecule has 0 bridgehead atoms. The van der Waals surface area contributed by atoms with Crippen LogP contribution in [0.3, 0.4) is 0 Å². The Kier molecular flexibility index (Phi) is 4.39. The highest BCUT2D eigenvalue weighted by molar-refractivity contribution is 5.88. The second-order valence-corrected chi connectivity index (χ2v) is 6.26. The molecule has 0 N–H and O–H groups in total. The Morgan fingerprint density at radius 3 is 2.92 bits per heavy atom. The second kappa shape index (κ2) is 7.00. The van der Waals surface area contributed by atoms with Crippen molar-refractivity contribution in [3.8, 4) is 0 Å². The van der Waals surface area contributed by atoms with E-state index in [1.54, 1.807) is 24.4 Å². The van der Waals surface area contributed by atoms with Gasteiger partial charge in [-0.1, -0.05) is 24.3 Å². The molecule has 2 aromatic heterocycles. The molecule has 132 valence electrons. The van der Waals surface area contributed by atoms with E-state index >= 15 is 0 Å². The molecule has 6 nitrogen and oxygen atoms in total. The number of para-hydroxylation sites is 1. The number of nitrogens with zero attached hydrogens (tertiary/aromatic N) is 3. The Morgan fingerprint density at radius 2 is 2.00 bits per heavy atom. The van der Waals surface area contributed by atoms with Gasteiger partial charge in [0.05, 0.1) is 6.54 Å². The Hall–Kier alpha value is -3.15. The highest BCUT2D eigenvalue weighted by atomic mass is 16.5. The summed E-state index contributed by atoms with van der Waals surface area (Å²) in [7, 11) is 0. The van der Waals surface area contributed by atoms with E-state index in [4.69, 9.17) is 4.74 Å². The zero-order valence-electron chi connectivity index (χ0n) is 14.3. The molecule has 4 rings (SSSR count). The molecule has 0 saturated carbocycles. The summed E-state index contributed by atoms with van der Waals surface area (Å²) >= 11 is 0. The Bertz CT molecular complexity index is 1010. The SMILES string of the molecule is O=C(OCCN1CCCc2ccccc21)c1cnc2ccccn2c1=O. The van der Waals surface area contributed by atoms with E-state index in [-0.39, 0.29) is 12.2 Å². The van der Waals surface area contributed by atoms with Gasteiger partial charge in [-0.05, 0) is 36.6 Å². The lowest BCUT2D eigenvalue weighted by Crippen LogP contribution is -2.33. The number of aromatic nitrogens is 2. The average Bonchev–Trinajstić information content (AvgIpc) is 2.68. The van der Waals surface area contributed by atoms with Crippen molar-refractivity contribution < 1.29 is 9.53 Å². The molecule has 6 heteroatoms. The number of aryl methyl sites for hydroxylation is 1. The number of anilines is 1. The number of carbonyl (C=O) groups is 1. The summed E-state index contributed by atoms with van der Waals surface area (Å²) in [6, 6.07) is 13.5. The Labute approximate surface area is 150 Å². The van der Waals surface area contributed by atoms with Crippen LogP contribution in [-0.4, -0.2) is 35.1 Å². The van der Waals surface area contributed by atoms with E-state index in [1.165, 1.54) is 21.8 Å². The summed E-state index contributed by atoms with van der Waals surface area (Å²) in [6.45, 7) is 1.77. The second-order valence-electron chi connectivity index (χ2n) is 6.26. The van der Waals surface area contributed by atoms with Gasteiger partial charge in [0.15, 0.2) is 0 Å². The molecule has 0 spiro atoms. The monoisotopic (exact) mass is 349 g/mol. The Morgan fingerprint density at radius 1 is 1.15 bits per heavy atom. The van der Waals surface area contributed by atoms with E-state index in [0.29, 0.717) is 12.2 Å². The van der Waals surface area contributed by atoms with Gasteiger partial charge in [-0.15, -0.1) is 0 Å². The van der Waals surface area contributed by atoms with Crippen molar-refractivity contribution in [2.24, 2.45) is 0 Å². The van der Waals surface area contributed by atoms with Crippen LogP contribution in [0.25, 0.3) is 5.65 Å². The van der Waals surface area contributed by atoms with Gasteiger partial charge in [-0.25, -0.2) is 9.78 Å². The third-order valence-corrected chi connectivity index (χ3v) is 4.63. The molecule has 3 heterocycles. The first-order valence-corrected chi connectivity index (χ1v) is 8.70. The normalized spacial score (nSPS) is 13.5. The van der Waals surface area contributed by atoms with Gasteiger partial charge < -0.3 is 9.64 Å². The van der Waals surface area contributed by atoms with Crippen LogP contribution in [0.4, 0.5) is 5.69 Å². The minimum atomic E-state index is -0.633.